The molecular weight excluding hydrogens is 852 g/mol. The summed E-state index contributed by atoms with van der Waals surface area (Å²) in [7, 11) is 0. The number of aryl methyl sites for hydroxylation is 2. The van der Waals surface area contributed by atoms with Crippen molar-refractivity contribution in [1.29, 1.82) is 0 Å². The summed E-state index contributed by atoms with van der Waals surface area (Å²) in [6, 6.07) is 78.3. The van der Waals surface area contributed by atoms with E-state index in [1.165, 1.54) is 127 Å². The third-order valence-corrected chi connectivity index (χ3v) is 16.8. The molecule has 14 rings (SSSR count). The Morgan fingerprint density at radius 2 is 1.04 bits per heavy atom. The monoisotopic (exact) mass is 900 g/mol. The number of hydrogen-bond acceptors (Lipinski definition) is 3. The highest BCUT2D eigenvalue weighted by Crippen LogP contribution is 2.67. The van der Waals surface area contributed by atoms with E-state index in [-0.39, 0.29) is 12.1 Å². The molecule has 3 heterocycles. The van der Waals surface area contributed by atoms with Crippen LogP contribution in [-0.4, -0.2) is 6.71 Å². The van der Waals surface area contributed by atoms with Gasteiger partial charge >= 0.3 is 0 Å². The van der Waals surface area contributed by atoms with Crippen molar-refractivity contribution in [2.75, 3.05) is 9.80 Å². The molecule has 4 aliphatic rings. The third kappa shape index (κ3) is 5.61. The lowest BCUT2D eigenvalue weighted by molar-refractivity contribution is 0.590. The van der Waals surface area contributed by atoms with E-state index in [0.717, 1.165) is 5.69 Å². The molecule has 9 aromatic carbocycles. The zero-order valence-electron chi connectivity index (χ0n) is 39.5. The topological polar surface area (TPSA) is 6.48 Å². The molecule has 0 amide bonds. The molecule has 2 aliphatic heterocycles. The van der Waals surface area contributed by atoms with Gasteiger partial charge in [0.2, 0.25) is 0 Å². The number of anilines is 6. The molecule has 328 valence electrons. The second kappa shape index (κ2) is 14.7. The van der Waals surface area contributed by atoms with E-state index < -0.39 is 5.41 Å². The van der Waals surface area contributed by atoms with Crippen molar-refractivity contribution in [1.82, 2.24) is 0 Å². The zero-order chi connectivity index (χ0) is 46.3. The van der Waals surface area contributed by atoms with Gasteiger partial charge in [0.05, 0.1) is 11.1 Å². The summed E-state index contributed by atoms with van der Waals surface area (Å²) in [6.07, 6.45) is 0. The smallest absolute Gasteiger partial charge is 0.264 e. The molecule has 0 fully saturated rings. The maximum atomic E-state index is 2.63. The van der Waals surface area contributed by atoms with Gasteiger partial charge < -0.3 is 9.80 Å². The summed E-state index contributed by atoms with van der Waals surface area (Å²) in [5, 5.41) is 0. The highest BCUT2D eigenvalue weighted by Gasteiger charge is 2.57. The Morgan fingerprint density at radius 1 is 0.449 bits per heavy atom. The number of rotatable bonds is 4. The minimum atomic E-state index is -0.456. The fourth-order valence-corrected chi connectivity index (χ4v) is 14.2. The van der Waals surface area contributed by atoms with Gasteiger partial charge in [0.25, 0.3) is 6.71 Å². The predicted molar refractivity (Wildman–Crippen MR) is 294 cm³/mol. The van der Waals surface area contributed by atoms with E-state index in [1.807, 2.05) is 0 Å². The van der Waals surface area contributed by atoms with Gasteiger partial charge in [-0.25, -0.2) is 0 Å². The SMILES string of the molecule is Cc1cc2c3c(c1)N(c1ccccc1)c1c(sc4c1-c1ccc(C)cc1C41c4ccccc4-c4ccccc41)B3c1ccc(-c3cc(C(C)(C)C)ccc3-c3ccccc3)cc1N2c1ccccc1. The molecule has 69 heavy (non-hydrogen) atoms. The van der Waals surface area contributed by atoms with Crippen molar-refractivity contribution in [2.24, 2.45) is 0 Å². The van der Waals surface area contributed by atoms with Gasteiger partial charge in [0, 0.05) is 43.7 Å². The second-order valence-corrected chi connectivity index (χ2v) is 21.6. The third-order valence-electron chi connectivity index (χ3n) is 15.5. The Labute approximate surface area is 409 Å². The summed E-state index contributed by atoms with van der Waals surface area (Å²) in [5.41, 5.74) is 27.9. The quantitative estimate of drug-likeness (QED) is 0.162. The number of fused-ring (bicyclic) bond motifs is 15. The predicted octanol–water partition coefficient (Wildman–Crippen LogP) is 15.4. The van der Waals surface area contributed by atoms with Crippen LogP contribution < -0.4 is 25.5 Å². The molecule has 0 saturated heterocycles. The van der Waals surface area contributed by atoms with Gasteiger partial charge in [-0.2, -0.15) is 0 Å². The summed E-state index contributed by atoms with van der Waals surface area (Å²) in [4.78, 5) is 6.62. The van der Waals surface area contributed by atoms with E-state index >= 15 is 0 Å². The summed E-state index contributed by atoms with van der Waals surface area (Å²) in [5.74, 6) is 0. The van der Waals surface area contributed by atoms with Crippen LogP contribution in [0, 0.1) is 13.8 Å². The van der Waals surface area contributed by atoms with E-state index in [0.29, 0.717) is 0 Å². The van der Waals surface area contributed by atoms with Crippen molar-refractivity contribution in [3.8, 4) is 44.5 Å². The van der Waals surface area contributed by atoms with Crippen LogP contribution in [0.4, 0.5) is 34.1 Å². The molecule has 10 aromatic rings. The summed E-state index contributed by atoms with van der Waals surface area (Å²) < 4.78 is 1.40. The summed E-state index contributed by atoms with van der Waals surface area (Å²) >= 11 is 2.06. The molecule has 1 spiro atoms. The molecule has 1 aromatic heterocycles. The lowest BCUT2D eigenvalue weighted by atomic mass is 9.36. The Morgan fingerprint density at radius 3 is 1.71 bits per heavy atom. The van der Waals surface area contributed by atoms with E-state index in [2.05, 4.69) is 262 Å². The lowest BCUT2D eigenvalue weighted by Gasteiger charge is -2.43. The zero-order valence-corrected chi connectivity index (χ0v) is 40.3. The minimum Gasteiger partial charge on any atom is -0.311 e. The van der Waals surface area contributed by atoms with Gasteiger partial charge in [-0.05, 0) is 139 Å². The largest absolute Gasteiger partial charge is 0.311 e. The maximum absolute atomic E-state index is 2.63. The molecule has 0 saturated carbocycles. The Balaban J connectivity index is 1.10. The van der Waals surface area contributed by atoms with Crippen LogP contribution in [0.25, 0.3) is 44.5 Å². The highest BCUT2D eigenvalue weighted by atomic mass is 32.1. The highest BCUT2D eigenvalue weighted by molar-refractivity contribution is 7.30. The second-order valence-electron chi connectivity index (χ2n) is 20.6. The molecular formula is C65H49BN2S. The first kappa shape index (κ1) is 40.4. The Bertz CT molecular complexity index is 3710. The Hall–Kier alpha value is -7.66. The molecule has 2 nitrogen and oxygen atoms in total. The van der Waals surface area contributed by atoms with Crippen molar-refractivity contribution < 1.29 is 0 Å². The maximum Gasteiger partial charge on any atom is 0.264 e. The average molecular weight is 901 g/mol. The van der Waals surface area contributed by atoms with Gasteiger partial charge in [0.15, 0.2) is 0 Å². The van der Waals surface area contributed by atoms with E-state index in [4.69, 9.17) is 0 Å². The molecule has 0 atom stereocenters. The number of hydrogen-bond donors (Lipinski definition) is 0. The average Bonchev–Trinajstić information content (AvgIpc) is 4.00. The van der Waals surface area contributed by atoms with Crippen molar-refractivity contribution in [2.45, 2.75) is 45.4 Å². The lowest BCUT2D eigenvalue weighted by Crippen LogP contribution is -2.60. The number of thiophene rings is 1. The van der Waals surface area contributed by atoms with Crippen molar-refractivity contribution in [3.05, 3.63) is 245 Å². The molecule has 2 aliphatic carbocycles. The first-order chi connectivity index (χ1) is 33.7. The Kier molecular flexibility index (Phi) is 8.60. The fourth-order valence-electron chi connectivity index (χ4n) is 12.5. The van der Waals surface area contributed by atoms with Crippen LogP contribution in [0.15, 0.2) is 206 Å². The molecule has 0 radical (unpaired) electrons. The van der Waals surface area contributed by atoms with E-state index in [9.17, 15) is 0 Å². The van der Waals surface area contributed by atoms with Crippen molar-refractivity contribution >= 4 is 67.9 Å². The molecule has 0 bridgehead atoms. The van der Waals surface area contributed by atoms with Crippen molar-refractivity contribution in [3.63, 3.8) is 0 Å². The van der Waals surface area contributed by atoms with Crippen LogP contribution in [-0.2, 0) is 10.8 Å². The molecule has 4 heteroatoms. The fraction of sp³-hybridized carbons (Fsp3) is 0.108. The number of benzene rings is 9. The van der Waals surface area contributed by atoms with Gasteiger partial charge in [0.1, 0.15) is 0 Å². The normalized spacial score (nSPS) is 14.2. The first-order valence-electron chi connectivity index (χ1n) is 24.4. The summed E-state index contributed by atoms with van der Waals surface area (Å²) in [6.45, 7) is 11.5. The number of para-hydroxylation sites is 2. The minimum absolute atomic E-state index is 0.0150. The van der Waals surface area contributed by atoms with Gasteiger partial charge in [-0.3, -0.25) is 0 Å². The van der Waals surface area contributed by atoms with Gasteiger partial charge in [-0.15, -0.1) is 11.3 Å². The van der Waals surface area contributed by atoms with Crippen LogP contribution in [0.5, 0.6) is 0 Å². The molecule has 0 unspecified atom stereocenters. The standard InChI is InChI=1S/C65H49BN2S/c1-40-29-32-50-54(35-40)65(52-27-17-15-25-48(52)49-26-16-18-28-53(49)65)62-59(50)61-63(69-62)66-55-34-30-43(51-39-44(64(3,4)5)31-33-47(51)42-19-9-6-10-20-42)38-56(55)67(45-21-11-7-12-22-45)57-36-41(2)37-58(60(57)66)68(61)46-23-13-8-14-24-46/h6-39H,1-5H3. The van der Waals surface area contributed by atoms with Crippen LogP contribution >= 0.6 is 11.3 Å². The van der Waals surface area contributed by atoms with Crippen LogP contribution in [0.1, 0.15) is 59.0 Å². The number of nitrogens with zero attached hydrogens (tertiary/aromatic N) is 2. The van der Waals surface area contributed by atoms with Crippen LogP contribution in [0.2, 0.25) is 0 Å². The van der Waals surface area contributed by atoms with E-state index in [1.54, 1.807) is 0 Å². The molecule has 0 N–H and O–H groups in total. The van der Waals surface area contributed by atoms with Crippen LogP contribution in [0.3, 0.4) is 0 Å². The first-order valence-corrected chi connectivity index (χ1v) is 25.2. The van der Waals surface area contributed by atoms with Gasteiger partial charge in [-0.1, -0.05) is 190 Å².